The highest BCUT2D eigenvalue weighted by Crippen LogP contribution is 2.23. The molecular formula is C24H22ClN3. The molecule has 3 nitrogen and oxygen atoms in total. The molecular weight excluding hydrogens is 366 g/mol. The summed E-state index contributed by atoms with van der Waals surface area (Å²) in [5, 5.41) is 1.85. The molecule has 2 heterocycles. The van der Waals surface area contributed by atoms with E-state index < -0.39 is 0 Å². The molecule has 2 aromatic carbocycles. The van der Waals surface area contributed by atoms with Gasteiger partial charge in [-0.05, 0) is 60.0 Å². The van der Waals surface area contributed by atoms with Crippen LogP contribution in [0.2, 0.25) is 5.02 Å². The summed E-state index contributed by atoms with van der Waals surface area (Å²) < 4.78 is 0. The van der Waals surface area contributed by atoms with Gasteiger partial charge in [0, 0.05) is 48.6 Å². The van der Waals surface area contributed by atoms with Crippen LogP contribution in [-0.2, 0) is 19.6 Å². The van der Waals surface area contributed by atoms with Crippen molar-refractivity contribution in [2.24, 2.45) is 0 Å². The van der Waals surface area contributed by atoms with Crippen LogP contribution in [0.25, 0.3) is 10.9 Å². The number of aryl methyl sites for hydroxylation is 1. The van der Waals surface area contributed by atoms with Gasteiger partial charge >= 0.3 is 0 Å². The smallest absolute Gasteiger partial charge is 0.0706 e. The molecule has 0 fully saturated rings. The third-order valence-electron chi connectivity index (χ3n) is 4.87. The van der Waals surface area contributed by atoms with Gasteiger partial charge in [-0.1, -0.05) is 41.4 Å². The Hall–Kier alpha value is -2.75. The van der Waals surface area contributed by atoms with Crippen LogP contribution in [0.4, 0.5) is 0 Å². The van der Waals surface area contributed by atoms with E-state index in [1.807, 2.05) is 36.8 Å². The van der Waals surface area contributed by atoms with Gasteiger partial charge in [0.2, 0.25) is 0 Å². The monoisotopic (exact) mass is 387 g/mol. The third-order valence-corrected chi connectivity index (χ3v) is 5.11. The fourth-order valence-corrected chi connectivity index (χ4v) is 3.59. The molecule has 0 radical (unpaired) electrons. The minimum absolute atomic E-state index is 0.737. The van der Waals surface area contributed by atoms with Crippen LogP contribution in [0.5, 0.6) is 0 Å². The van der Waals surface area contributed by atoms with E-state index in [0.717, 1.165) is 35.6 Å². The predicted molar refractivity (Wildman–Crippen MR) is 115 cm³/mol. The predicted octanol–water partition coefficient (Wildman–Crippen LogP) is 5.79. The fourth-order valence-electron chi connectivity index (χ4n) is 3.42. The Labute approximate surface area is 170 Å². The highest BCUT2D eigenvalue weighted by Gasteiger charge is 2.11. The van der Waals surface area contributed by atoms with E-state index in [9.17, 15) is 0 Å². The maximum Gasteiger partial charge on any atom is 0.0706 e. The lowest BCUT2D eigenvalue weighted by molar-refractivity contribution is 0.248. The number of fused-ring (bicyclic) bond motifs is 1. The third kappa shape index (κ3) is 4.56. The van der Waals surface area contributed by atoms with Gasteiger partial charge in [-0.2, -0.15) is 0 Å². The Morgan fingerprint density at radius 3 is 2.25 bits per heavy atom. The molecule has 2 aromatic heterocycles. The van der Waals surface area contributed by atoms with Crippen molar-refractivity contribution >= 4 is 22.5 Å². The van der Waals surface area contributed by atoms with Crippen molar-refractivity contribution in [2.45, 2.75) is 26.6 Å². The van der Waals surface area contributed by atoms with Gasteiger partial charge in [-0.25, -0.2) is 0 Å². The van der Waals surface area contributed by atoms with Crippen LogP contribution in [0.15, 0.2) is 79.3 Å². The number of nitrogens with zero attached hydrogens (tertiary/aromatic N) is 3. The number of rotatable bonds is 6. The Balaban J connectivity index is 1.65. The molecule has 28 heavy (non-hydrogen) atoms. The summed E-state index contributed by atoms with van der Waals surface area (Å²) in [7, 11) is 0. The van der Waals surface area contributed by atoms with Crippen LogP contribution in [0.3, 0.4) is 0 Å². The Morgan fingerprint density at radius 1 is 0.786 bits per heavy atom. The molecule has 0 unspecified atom stereocenters. The minimum atomic E-state index is 0.737. The number of hydrogen-bond donors (Lipinski definition) is 0. The summed E-state index contributed by atoms with van der Waals surface area (Å²) >= 11 is 6.25. The Bertz CT molecular complexity index is 1060. The first kappa shape index (κ1) is 18.6. The van der Waals surface area contributed by atoms with E-state index in [1.54, 1.807) is 0 Å². The van der Waals surface area contributed by atoms with Crippen molar-refractivity contribution in [1.82, 2.24) is 14.9 Å². The first-order valence-electron chi connectivity index (χ1n) is 9.37. The summed E-state index contributed by atoms with van der Waals surface area (Å²) in [5.74, 6) is 0. The number of hydrogen-bond acceptors (Lipinski definition) is 3. The first-order chi connectivity index (χ1) is 13.7. The van der Waals surface area contributed by atoms with Gasteiger partial charge in [0.15, 0.2) is 0 Å². The van der Waals surface area contributed by atoms with Crippen molar-refractivity contribution in [3.63, 3.8) is 0 Å². The zero-order chi connectivity index (χ0) is 19.3. The van der Waals surface area contributed by atoms with Crippen molar-refractivity contribution in [3.05, 3.63) is 107 Å². The molecule has 0 saturated heterocycles. The zero-order valence-corrected chi connectivity index (χ0v) is 16.6. The summed E-state index contributed by atoms with van der Waals surface area (Å²) in [6, 6.07) is 20.9. The van der Waals surface area contributed by atoms with Gasteiger partial charge in [-0.15, -0.1) is 0 Å². The van der Waals surface area contributed by atoms with Crippen LogP contribution in [0.1, 0.15) is 22.3 Å². The fraction of sp³-hybridized carbons (Fsp3) is 0.167. The molecule has 0 aliphatic rings. The highest BCUT2D eigenvalue weighted by molar-refractivity contribution is 6.31. The van der Waals surface area contributed by atoms with Gasteiger partial charge in [-0.3, -0.25) is 14.9 Å². The molecule has 4 rings (SSSR count). The van der Waals surface area contributed by atoms with Crippen molar-refractivity contribution in [3.8, 4) is 0 Å². The van der Waals surface area contributed by atoms with E-state index in [1.165, 1.54) is 22.3 Å². The SMILES string of the molecule is Cc1ccc(CN(Cc2ccncc2)Cc2ccnc3ccc(Cl)cc23)cc1. The summed E-state index contributed by atoms with van der Waals surface area (Å²) in [6.45, 7) is 4.65. The van der Waals surface area contributed by atoms with Crippen molar-refractivity contribution in [1.29, 1.82) is 0 Å². The van der Waals surface area contributed by atoms with Crippen molar-refractivity contribution < 1.29 is 0 Å². The molecule has 4 aromatic rings. The van der Waals surface area contributed by atoms with Crippen LogP contribution in [0, 0.1) is 6.92 Å². The quantitative estimate of drug-likeness (QED) is 0.419. The van der Waals surface area contributed by atoms with Gasteiger partial charge in [0.25, 0.3) is 0 Å². The zero-order valence-electron chi connectivity index (χ0n) is 15.8. The topological polar surface area (TPSA) is 29.0 Å². The molecule has 0 aliphatic heterocycles. The maximum atomic E-state index is 6.25. The molecule has 0 N–H and O–H groups in total. The second-order valence-corrected chi connectivity index (χ2v) is 7.55. The van der Waals surface area contributed by atoms with Crippen molar-refractivity contribution in [2.75, 3.05) is 0 Å². The number of benzene rings is 2. The Kier molecular flexibility index (Phi) is 5.65. The number of aromatic nitrogens is 2. The largest absolute Gasteiger partial charge is 0.291 e. The molecule has 0 aliphatic carbocycles. The second kappa shape index (κ2) is 8.51. The summed E-state index contributed by atoms with van der Waals surface area (Å²) in [5.41, 5.74) is 6.03. The number of pyridine rings is 2. The Morgan fingerprint density at radius 2 is 1.50 bits per heavy atom. The minimum Gasteiger partial charge on any atom is -0.291 e. The summed E-state index contributed by atoms with van der Waals surface area (Å²) in [4.78, 5) is 11.1. The second-order valence-electron chi connectivity index (χ2n) is 7.12. The molecule has 0 amide bonds. The lowest BCUT2D eigenvalue weighted by Gasteiger charge is -2.23. The maximum absolute atomic E-state index is 6.25. The van der Waals surface area contributed by atoms with Crippen LogP contribution < -0.4 is 0 Å². The molecule has 0 saturated carbocycles. The normalized spacial score (nSPS) is 11.2. The van der Waals surface area contributed by atoms with E-state index >= 15 is 0 Å². The average molecular weight is 388 g/mol. The molecule has 140 valence electrons. The van der Waals surface area contributed by atoms with Gasteiger partial charge < -0.3 is 0 Å². The van der Waals surface area contributed by atoms with E-state index in [-0.39, 0.29) is 0 Å². The van der Waals surface area contributed by atoms with Gasteiger partial charge in [0.1, 0.15) is 0 Å². The molecule has 0 bridgehead atoms. The number of halogens is 1. The molecule has 4 heteroatoms. The lowest BCUT2D eigenvalue weighted by atomic mass is 10.1. The lowest BCUT2D eigenvalue weighted by Crippen LogP contribution is -2.22. The van der Waals surface area contributed by atoms with E-state index in [2.05, 4.69) is 64.3 Å². The highest BCUT2D eigenvalue weighted by atomic mass is 35.5. The first-order valence-corrected chi connectivity index (χ1v) is 9.75. The van der Waals surface area contributed by atoms with Crippen LogP contribution in [-0.4, -0.2) is 14.9 Å². The molecule has 0 spiro atoms. The standard InChI is InChI=1S/C24H22ClN3/c1-18-2-4-19(5-3-18)15-28(16-20-8-11-26-12-9-20)17-21-10-13-27-24-7-6-22(25)14-23(21)24/h2-14H,15-17H2,1H3. The molecule has 0 atom stereocenters. The van der Waals surface area contributed by atoms with E-state index in [4.69, 9.17) is 11.6 Å². The van der Waals surface area contributed by atoms with Crippen LogP contribution >= 0.6 is 11.6 Å². The van der Waals surface area contributed by atoms with Gasteiger partial charge in [0.05, 0.1) is 5.52 Å². The van der Waals surface area contributed by atoms with E-state index in [0.29, 0.717) is 0 Å². The average Bonchev–Trinajstić information content (AvgIpc) is 2.71. The summed E-state index contributed by atoms with van der Waals surface area (Å²) in [6.07, 6.45) is 5.57.